The van der Waals surface area contributed by atoms with Crippen LogP contribution in [0.2, 0.25) is 0 Å². The Labute approximate surface area is 141 Å². The summed E-state index contributed by atoms with van der Waals surface area (Å²) in [5, 5.41) is 11.8. The highest BCUT2D eigenvalue weighted by Gasteiger charge is 2.26. The number of nitrogens with zero attached hydrogens (tertiary/aromatic N) is 3. The zero-order valence-electron chi connectivity index (χ0n) is 13.5. The monoisotopic (exact) mass is 354 g/mol. The largest absolute Gasteiger partial charge is 0.503 e. The lowest BCUT2D eigenvalue weighted by atomic mass is 10.0. The highest BCUT2D eigenvalue weighted by Crippen LogP contribution is 2.26. The SMILES string of the molecule is Cn1ccnc1N1CCC(NC(=O)c2cc(F)c(F)c(O)c2F)CC1. The Morgan fingerprint density at radius 1 is 1.28 bits per heavy atom. The zero-order valence-corrected chi connectivity index (χ0v) is 13.5. The summed E-state index contributed by atoms with van der Waals surface area (Å²) in [5.74, 6) is -6.22. The van der Waals surface area contributed by atoms with Gasteiger partial charge in [0.25, 0.3) is 5.91 Å². The molecule has 0 atom stereocenters. The summed E-state index contributed by atoms with van der Waals surface area (Å²) >= 11 is 0. The minimum absolute atomic E-state index is 0.237. The van der Waals surface area contributed by atoms with E-state index in [9.17, 15) is 23.1 Å². The van der Waals surface area contributed by atoms with Gasteiger partial charge in [-0.1, -0.05) is 0 Å². The lowest BCUT2D eigenvalue weighted by molar-refractivity contribution is 0.0925. The second kappa shape index (κ2) is 6.66. The van der Waals surface area contributed by atoms with Crippen LogP contribution in [0.1, 0.15) is 23.2 Å². The second-order valence-corrected chi connectivity index (χ2v) is 5.96. The summed E-state index contributed by atoms with van der Waals surface area (Å²) in [4.78, 5) is 18.5. The normalized spacial score (nSPS) is 15.4. The number of carbonyl (C=O) groups excluding carboxylic acids is 1. The Bertz CT molecular complexity index is 801. The van der Waals surface area contributed by atoms with Gasteiger partial charge >= 0.3 is 0 Å². The van der Waals surface area contributed by atoms with E-state index in [2.05, 4.69) is 15.2 Å². The molecule has 1 fully saturated rings. The summed E-state index contributed by atoms with van der Waals surface area (Å²) in [5.41, 5.74) is -0.720. The average molecular weight is 354 g/mol. The van der Waals surface area contributed by atoms with Crippen molar-refractivity contribution in [1.82, 2.24) is 14.9 Å². The number of anilines is 1. The zero-order chi connectivity index (χ0) is 18.1. The van der Waals surface area contributed by atoms with Crippen LogP contribution in [0.25, 0.3) is 0 Å². The van der Waals surface area contributed by atoms with Crippen LogP contribution in [0.3, 0.4) is 0 Å². The van der Waals surface area contributed by atoms with Crippen LogP contribution in [-0.4, -0.2) is 39.7 Å². The average Bonchev–Trinajstić information content (AvgIpc) is 3.03. The Hall–Kier alpha value is -2.71. The number of carbonyl (C=O) groups is 1. The summed E-state index contributed by atoms with van der Waals surface area (Å²) in [6, 6.07) is 0.210. The highest BCUT2D eigenvalue weighted by atomic mass is 19.2. The molecular weight excluding hydrogens is 337 g/mol. The number of phenols is 1. The van der Waals surface area contributed by atoms with Gasteiger partial charge in [0.2, 0.25) is 11.8 Å². The van der Waals surface area contributed by atoms with Crippen molar-refractivity contribution in [1.29, 1.82) is 0 Å². The Morgan fingerprint density at radius 3 is 2.56 bits per heavy atom. The van der Waals surface area contributed by atoms with Crippen LogP contribution < -0.4 is 10.2 Å². The van der Waals surface area contributed by atoms with Gasteiger partial charge in [0.1, 0.15) is 0 Å². The predicted molar refractivity (Wildman–Crippen MR) is 83.9 cm³/mol. The first kappa shape index (κ1) is 17.1. The number of nitrogens with one attached hydrogen (secondary N) is 1. The van der Waals surface area contributed by atoms with Crippen LogP contribution in [0.4, 0.5) is 19.1 Å². The molecule has 3 rings (SSSR count). The van der Waals surface area contributed by atoms with E-state index >= 15 is 0 Å². The maximum atomic E-state index is 13.8. The fourth-order valence-electron chi connectivity index (χ4n) is 2.91. The summed E-state index contributed by atoms with van der Waals surface area (Å²) in [6.07, 6.45) is 4.72. The first-order chi connectivity index (χ1) is 11.9. The van der Waals surface area contributed by atoms with Gasteiger partial charge in [-0.3, -0.25) is 4.79 Å². The second-order valence-electron chi connectivity index (χ2n) is 5.96. The molecule has 6 nitrogen and oxygen atoms in total. The Balaban J connectivity index is 1.65. The smallest absolute Gasteiger partial charge is 0.254 e. The highest BCUT2D eigenvalue weighted by molar-refractivity contribution is 5.95. The molecule has 1 amide bonds. The van der Waals surface area contributed by atoms with Crippen molar-refractivity contribution >= 4 is 11.9 Å². The quantitative estimate of drug-likeness (QED) is 0.827. The van der Waals surface area contributed by atoms with Crippen LogP contribution >= 0.6 is 0 Å². The molecule has 1 saturated heterocycles. The Kier molecular flexibility index (Phi) is 4.56. The van der Waals surface area contributed by atoms with E-state index in [1.54, 1.807) is 6.20 Å². The fraction of sp³-hybridized carbons (Fsp3) is 0.375. The number of phenolic OH excluding ortho intramolecular Hbond substituents is 1. The molecule has 0 unspecified atom stereocenters. The van der Waals surface area contributed by atoms with Crippen LogP contribution in [0.15, 0.2) is 18.5 Å². The lowest BCUT2D eigenvalue weighted by Gasteiger charge is -2.33. The third-order valence-electron chi connectivity index (χ3n) is 4.29. The van der Waals surface area contributed by atoms with Crippen molar-refractivity contribution in [3.63, 3.8) is 0 Å². The molecule has 0 saturated carbocycles. The number of hydrogen-bond donors (Lipinski definition) is 2. The predicted octanol–water partition coefficient (Wildman–Crippen LogP) is 1.94. The molecule has 2 aromatic rings. The first-order valence-electron chi connectivity index (χ1n) is 7.78. The third-order valence-corrected chi connectivity index (χ3v) is 4.29. The van der Waals surface area contributed by atoms with Gasteiger partial charge in [0, 0.05) is 38.6 Å². The number of benzene rings is 1. The fourth-order valence-corrected chi connectivity index (χ4v) is 2.91. The number of halogens is 3. The molecule has 1 aliphatic rings. The van der Waals surface area contributed by atoms with E-state index < -0.39 is 34.7 Å². The maximum absolute atomic E-state index is 13.8. The molecule has 2 heterocycles. The molecule has 0 aliphatic carbocycles. The van der Waals surface area contributed by atoms with E-state index in [-0.39, 0.29) is 6.04 Å². The lowest BCUT2D eigenvalue weighted by Crippen LogP contribution is -2.45. The van der Waals surface area contributed by atoms with Gasteiger partial charge in [-0.2, -0.15) is 4.39 Å². The topological polar surface area (TPSA) is 70.4 Å². The number of imidazole rings is 1. The van der Waals surface area contributed by atoms with E-state index in [1.165, 1.54) is 0 Å². The molecule has 0 bridgehead atoms. The van der Waals surface area contributed by atoms with Crippen LogP contribution in [-0.2, 0) is 7.05 Å². The summed E-state index contributed by atoms with van der Waals surface area (Å²) < 4.78 is 42.1. The van der Waals surface area contributed by atoms with Gasteiger partial charge in [0.15, 0.2) is 17.4 Å². The molecule has 0 radical (unpaired) electrons. The Morgan fingerprint density at radius 2 is 1.96 bits per heavy atom. The van der Waals surface area contributed by atoms with Gasteiger partial charge in [-0.15, -0.1) is 0 Å². The molecule has 1 aliphatic heterocycles. The molecule has 9 heteroatoms. The van der Waals surface area contributed by atoms with Gasteiger partial charge in [0.05, 0.1) is 5.56 Å². The number of aryl methyl sites for hydroxylation is 1. The number of hydrogen-bond acceptors (Lipinski definition) is 4. The molecule has 25 heavy (non-hydrogen) atoms. The number of amides is 1. The number of rotatable bonds is 3. The molecule has 134 valence electrons. The van der Waals surface area contributed by atoms with E-state index in [0.29, 0.717) is 32.0 Å². The minimum atomic E-state index is -1.71. The van der Waals surface area contributed by atoms with Gasteiger partial charge in [-0.25, -0.2) is 13.8 Å². The molecule has 0 spiro atoms. The maximum Gasteiger partial charge on any atom is 0.254 e. The van der Waals surface area contributed by atoms with E-state index in [4.69, 9.17) is 0 Å². The standard InChI is InChI=1S/C16H17F3N4O2/c1-22-7-4-20-16(22)23-5-2-9(3-6-23)21-15(25)10-8-11(17)13(19)14(24)12(10)18/h4,7-9,24H,2-3,5-6H2,1H3,(H,21,25). The molecule has 2 N–H and O–H groups in total. The van der Waals surface area contributed by atoms with Crippen molar-refractivity contribution < 1.29 is 23.1 Å². The molecule has 1 aromatic heterocycles. The summed E-state index contributed by atoms with van der Waals surface area (Å²) in [7, 11) is 1.88. The molecular formula is C16H17F3N4O2. The van der Waals surface area contributed by atoms with Crippen molar-refractivity contribution in [3.8, 4) is 5.75 Å². The van der Waals surface area contributed by atoms with E-state index in [1.807, 2.05) is 17.8 Å². The van der Waals surface area contributed by atoms with Crippen molar-refractivity contribution in [2.75, 3.05) is 18.0 Å². The van der Waals surface area contributed by atoms with Gasteiger partial charge in [-0.05, 0) is 18.9 Å². The van der Waals surface area contributed by atoms with Gasteiger partial charge < -0.3 is 19.9 Å². The first-order valence-corrected chi connectivity index (χ1v) is 7.78. The van der Waals surface area contributed by atoms with Crippen molar-refractivity contribution in [3.05, 3.63) is 41.5 Å². The van der Waals surface area contributed by atoms with Crippen molar-refractivity contribution in [2.45, 2.75) is 18.9 Å². The third kappa shape index (κ3) is 3.26. The number of piperidine rings is 1. The van der Waals surface area contributed by atoms with Crippen LogP contribution in [0.5, 0.6) is 5.75 Å². The van der Waals surface area contributed by atoms with Crippen molar-refractivity contribution in [2.24, 2.45) is 7.05 Å². The molecule has 1 aromatic carbocycles. The number of aromatic nitrogens is 2. The van der Waals surface area contributed by atoms with E-state index in [0.717, 1.165) is 5.95 Å². The minimum Gasteiger partial charge on any atom is -0.503 e. The number of aromatic hydroxyl groups is 1. The van der Waals surface area contributed by atoms with Crippen LogP contribution in [0, 0.1) is 17.5 Å². The summed E-state index contributed by atoms with van der Waals surface area (Å²) in [6.45, 7) is 1.28.